The molecule has 0 radical (unpaired) electrons. The molecule has 2 N–H and O–H groups in total. The number of nitrogens with zero attached hydrogens (tertiary/aromatic N) is 2. The SMILES string of the molecule is Cc1cc(NC(=O)N[C@H]2C=CS(=O)(=O)C2)n(CC(C)C)n1. The maximum absolute atomic E-state index is 11.9. The van der Waals surface area contributed by atoms with E-state index in [0.717, 1.165) is 11.1 Å². The lowest BCUT2D eigenvalue weighted by Crippen LogP contribution is -2.38. The molecule has 0 saturated heterocycles. The van der Waals surface area contributed by atoms with Crippen LogP contribution in [0.2, 0.25) is 0 Å². The van der Waals surface area contributed by atoms with Crippen molar-refractivity contribution >= 4 is 21.7 Å². The molecule has 0 unspecified atom stereocenters. The van der Waals surface area contributed by atoms with Crippen LogP contribution in [-0.2, 0) is 16.4 Å². The van der Waals surface area contributed by atoms with Crippen LogP contribution in [0.15, 0.2) is 17.6 Å². The van der Waals surface area contributed by atoms with Gasteiger partial charge in [-0.1, -0.05) is 13.8 Å². The van der Waals surface area contributed by atoms with Crippen LogP contribution in [0.25, 0.3) is 0 Å². The molecule has 116 valence electrons. The Labute approximate surface area is 124 Å². The predicted molar refractivity (Wildman–Crippen MR) is 80.7 cm³/mol. The van der Waals surface area contributed by atoms with E-state index in [1.54, 1.807) is 10.7 Å². The number of amides is 2. The summed E-state index contributed by atoms with van der Waals surface area (Å²) in [7, 11) is -3.17. The van der Waals surface area contributed by atoms with Gasteiger partial charge in [-0.3, -0.25) is 5.32 Å². The first kappa shape index (κ1) is 15.6. The van der Waals surface area contributed by atoms with Gasteiger partial charge in [0.05, 0.1) is 17.5 Å². The minimum atomic E-state index is -3.17. The summed E-state index contributed by atoms with van der Waals surface area (Å²) in [6.45, 7) is 6.68. The smallest absolute Gasteiger partial charge is 0.320 e. The summed E-state index contributed by atoms with van der Waals surface area (Å²) in [5.41, 5.74) is 0.814. The summed E-state index contributed by atoms with van der Waals surface area (Å²) in [4.78, 5) is 11.9. The fourth-order valence-electron chi connectivity index (χ4n) is 2.12. The highest BCUT2D eigenvalue weighted by Crippen LogP contribution is 2.13. The van der Waals surface area contributed by atoms with Gasteiger partial charge in [0.15, 0.2) is 9.84 Å². The predicted octanol–water partition coefficient (Wildman–Crippen LogP) is 1.28. The highest BCUT2D eigenvalue weighted by molar-refractivity contribution is 7.94. The average Bonchev–Trinajstić information content (AvgIpc) is 2.81. The van der Waals surface area contributed by atoms with Crippen molar-refractivity contribution in [2.75, 3.05) is 11.1 Å². The maximum Gasteiger partial charge on any atom is 0.320 e. The van der Waals surface area contributed by atoms with Gasteiger partial charge in [-0.2, -0.15) is 5.10 Å². The minimum absolute atomic E-state index is 0.0926. The van der Waals surface area contributed by atoms with Crippen molar-refractivity contribution in [2.45, 2.75) is 33.4 Å². The van der Waals surface area contributed by atoms with Crippen LogP contribution < -0.4 is 10.6 Å². The Kier molecular flexibility index (Phi) is 4.36. The number of nitrogens with one attached hydrogen (secondary N) is 2. The van der Waals surface area contributed by atoms with Crippen molar-refractivity contribution in [1.82, 2.24) is 15.1 Å². The first-order valence-electron chi connectivity index (χ1n) is 6.78. The highest BCUT2D eigenvalue weighted by atomic mass is 32.2. The molecular weight excluding hydrogens is 292 g/mol. The quantitative estimate of drug-likeness (QED) is 0.876. The Morgan fingerprint density at radius 3 is 2.81 bits per heavy atom. The molecule has 0 aliphatic carbocycles. The van der Waals surface area contributed by atoms with Crippen molar-refractivity contribution in [2.24, 2.45) is 5.92 Å². The van der Waals surface area contributed by atoms with Crippen molar-refractivity contribution in [3.8, 4) is 0 Å². The molecule has 1 atom stereocenters. The zero-order valence-electron chi connectivity index (χ0n) is 12.3. The van der Waals surface area contributed by atoms with Crippen molar-refractivity contribution in [3.63, 3.8) is 0 Å². The number of rotatable bonds is 4. The van der Waals surface area contributed by atoms with E-state index in [9.17, 15) is 13.2 Å². The Morgan fingerprint density at radius 2 is 2.24 bits per heavy atom. The van der Waals surface area contributed by atoms with Gasteiger partial charge < -0.3 is 5.32 Å². The molecule has 2 rings (SSSR count). The van der Waals surface area contributed by atoms with E-state index in [4.69, 9.17) is 0 Å². The normalized spacial score (nSPS) is 19.9. The number of carbonyl (C=O) groups excluding carboxylic acids is 1. The molecule has 0 spiro atoms. The molecule has 1 aromatic rings. The van der Waals surface area contributed by atoms with Gasteiger partial charge in [0.25, 0.3) is 0 Å². The standard InChI is InChI=1S/C13H20N4O3S/c1-9(2)7-17-12(6-10(3)16-17)15-13(18)14-11-4-5-21(19,20)8-11/h4-6,9,11H,7-8H2,1-3H3,(H2,14,15,18)/t11-/m0/s1. The van der Waals surface area contributed by atoms with Crippen molar-refractivity contribution in [3.05, 3.63) is 23.2 Å². The molecule has 2 heterocycles. The number of aromatic nitrogens is 2. The maximum atomic E-state index is 11.9. The van der Waals surface area contributed by atoms with Crippen LogP contribution >= 0.6 is 0 Å². The van der Waals surface area contributed by atoms with Gasteiger partial charge in [0.2, 0.25) is 0 Å². The third-order valence-corrected chi connectivity index (χ3v) is 4.32. The Hall–Kier alpha value is -1.83. The third kappa shape index (κ3) is 4.32. The van der Waals surface area contributed by atoms with E-state index in [0.29, 0.717) is 18.3 Å². The fraction of sp³-hybridized carbons (Fsp3) is 0.538. The minimum Gasteiger partial charge on any atom is -0.331 e. The molecule has 0 aromatic carbocycles. The Morgan fingerprint density at radius 1 is 1.52 bits per heavy atom. The Bertz CT molecular complexity index is 661. The second-order valence-electron chi connectivity index (χ2n) is 5.61. The van der Waals surface area contributed by atoms with Gasteiger partial charge in [0.1, 0.15) is 5.82 Å². The topological polar surface area (TPSA) is 93.1 Å². The first-order valence-corrected chi connectivity index (χ1v) is 8.49. The van der Waals surface area contributed by atoms with Gasteiger partial charge in [-0.05, 0) is 18.9 Å². The number of urea groups is 1. The van der Waals surface area contributed by atoms with Gasteiger partial charge in [-0.15, -0.1) is 0 Å². The zero-order chi connectivity index (χ0) is 15.6. The lowest BCUT2D eigenvalue weighted by atomic mass is 10.2. The number of hydrogen-bond acceptors (Lipinski definition) is 4. The largest absolute Gasteiger partial charge is 0.331 e. The molecule has 1 aliphatic heterocycles. The summed E-state index contributed by atoms with van der Waals surface area (Å²) in [5.74, 6) is 0.907. The fourth-order valence-corrected chi connectivity index (χ4v) is 3.35. The van der Waals surface area contributed by atoms with Crippen LogP contribution in [0.4, 0.5) is 10.6 Å². The molecule has 1 aromatic heterocycles. The van der Waals surface area contributed by atoms with Crippen molar-refractivity contribution in [1.29, 1.82) is 0 Å². The second kappa shape index (κ2) is 5.88. The molecule has 7 nitrogen and oxygen atoms in total. The van der Waals surface area contributed by atoms with Gasteiger partial charge in [-0.25, -0.2) is 17.9 Å². The van der Waals surface area contributed by atoms with Gasteiger partial charge >= 0.3 is 6.03 Å². The summed E-state index contributed by atoms with van der Waals surface area (Å²) >= 11 is 0. The molecule has 8 heteroatoms. The van der Waals surface area contributed by atoms with E-state index in [2.05, 4.69) is 29.6 Å². The van der Waals surface area contributed by atoms with Crippen LogP contribution in [0.1, 0.15) is 19.5 Å². The second-order valence-corrected chi connectivity index (χ2v) is 7.54. The number of sulfone groups is 1. The molecule has 0 saturated carbocycles. The molecule has 21 heavy (non-hydrogen) atoms. The number of aryl methyl sites for hydroxylation is 1. The molecule has 1 aliphatic rings. The van der Waals surface area contributed by atoms with Gasteiger partial charge in [0, 0.05) is 18.0 Å². The molecular formula is C13H20N4O3S. The highest BCUT2D eigenvalue weighted by Gasteiger charge is 2.23. The average molecular weight is 312 g/mol. The summed E-state index contributed by atoms with van der Waals surface area (Å²) in [6, 6.07) is 0.854. The summed E-state index contributed by atoms with van der Waals surface area (Å²) in [6.07, 6.45) is 1.48. The Balaban J connectivity index is 1.98. The lowest BCUT2D eigenvalue weighted by molar-refractivity contribution is 0.250. The lowest BCUT2D eigenvalue weighted by Gasteiger charge is -2.13. The van der Waals surface area contributed by atoms with E-state index < -0.39 is 21.9 Å². The monoisotopic (exact) mass is 312 g/mol. The number of hydrogen-bond donors (Lipinski definition) is 2. The van der Waals surface area contributed by atoms with E-state index in [1.807, 2.05) is 6.92 Å². The van der Waals surface area contributed by atoms with Crippen LogP contribution in [0.3, 0.4) is 0 Å². The third-order valence-electron chi connectivity index (χ3n) is 2.93. The van der Waals surface area contributed by atoms with E-state index >= 15 is 0 Å². The number of anilines is 1. The first-order chi connectivity index (χ1) is 9.75. The summed E-state index contributed by atoms with van der Waals surface area (Å²) in [5, 5.41) is 10.8. The van der Waals surface area contributed by atoms with Crippen LogP contribution in [-0.4, -0.2) is 36.0 Å². The van der Waals surface area contributed by atoms with E-state index in [-0.39, 0.29) is 5.75 Å². The molecule has 2 amide bonds. The summed E-state index contributed by atoms with van der Waals surface area (Å²) < 4.78 is 24.3. The van der Waals surface area contributed by atoms with Crippen LogP contribution in [0.5, 0.6) is 0 Å². The number of carbonyl (C=O) groups is 1. The van der Waals surface area contributed by atoms with E-state index in [1.165, 1.54) is 6.08 Å². The molecule has 0 bridgehead atoms. The van der Waals surface area contributed by atoms with Crippen LogP contribution in [0, 0.1) is 12.8 Å². The zero-order valence-corrected chi connectivity index (χ0v) is 13.1. The molecule has 0 fully saturated rings. The van der Waals surface area contributed by atoms with Crippen molar-refractivity contribution < 1.29 is 13.2 Å².